The largest absolute Gasteiger partial charge is 0.496 e. The molecule has 20 heavy (non-hydrogen) atoms. The molecule has 2 aromatic rings. The zero-order chi connectivity index (χ0) is 14.9. The van der Waals surface area contributed by atoms with Crippen LogP contribution in [0.4, 0.5) is 0 Å². The molecule has 1 heterocycles. The van der Waals surface area contributed by atoms with E-state index in [1.165, 1.54) is 0 Å². The minimum Gasteiger partial charge on any atom is -0.496 e. The van der Waals surface area contributed by atoms with E-state index in [1.54, 1.807) is 18.0 Å². The molecule has 0 amide bonds. The van der Waals surface area contributed by atoms with Gasteiger partial charge in [-0.2, -0.15) is 5.10 Å². The van der Waals surface area contributed by atoms with Crippen molar-refractivity contribution in [1.82, 2.24) is 9.78 Å². The van der Waals surface area contributed by atoms with Crippen LogP contribution in [0.3, 0.4) is 0 Å². The van der Waals surface area contributed by atoms with E-state index in [0.29, 0.717) is 16.9 Å². The first-order valence-electron chi connectivity index (χ1n) is 6.70. The Hall–Kier alpha value is -2.10. The lowest BCUT2D eigenvalue weighted by atomic mass is 9.96. The molecule has 0 unspecified atom stereocenters. The van der Waals surface area contributed by atoms with Crippen molar-refractivity contribution in [3.8, 4) is 5.75 Å². The number of methoxy groups -OCH3 is 1. The molecule has 0 saturated heterocycles. The Morgan fingerprint density at radius 1 is 1.35 bits per heavy atom. The highest BCUT2D eigenvalue weighted by molar-refractivity contribution is 6.12. The Morgan fingerprint density at radius 2 is 2.05 bits per heavy atom. The van der Waals surface area contributed by atoms with Crippen LogP contribution in [0.25, 0.3) is 0 Å². The van der Waals surface area contributed by atoms with Gasteiger partial charge in [-0.3, -0.25) is 9.48 Å². The van der Waals surface area contributed by atoms with Crippen molar-refractivity contribution < 1.29 is 9.53 Å². The van der Waals surface area contributed by atoms with E-state index < -0.39 is 0 Å². The maximum Gasteiger partial charge on any atom is 0.200 e. The molecule has 0 N–H and O–H groups in total. The van der Waals surface area contributed by atoms with E-state index >= 15 is 0 Å². The summed E-state index contributed by atoms with van der Waals surface area (Å²) in [5.74, 6) is 0.600. The van der Waals surface area contributed by atoms with Crippen LogP contribution in [0, 0.1) is 13.8 Å². The van der Waals surface area contributed by atoms with Gasteiger partial charge in [0.05, 0.1) is 23.9 Å². The Morgan fingerprint density at radius 3 is 2.65 bits per heavy atom. The molecule has 106 valence electrons. The Balaban J connectivity index is 2.58. The van der Waals surface area contributed by atoms with Crippen molar-refractivity contribution in [1.29, 1.82) is 0 Å². The van der Waals surface area contributed by atoms with Crippen molar-refractivity contribution >= 4 is 5.78 Å². The van der Waals surface area contributed by atoms with Crippen LogP contribution >= 0.6 is 0 Å². The second-order valence-electron chi connectivity index (χ2n) is 5.00. The monoisotopic (exact) mass is 272 g/mol. The molecule has 4 nitrogen and oxygen atoms in total. The number of nitrogens with zero attached hydrogens (tertiary/aromatic N) is 2. The average Bonchev–Trinajstić information content (AvgIpc) is 2.78. The highest BCUT2D eigenvalue weighted by Gasteiger charge is 2.21. The van der Waals surface area contributed by atoms with Crippen LogP contribution in [0.2, 0.25) is 0 Å². The maximum atomic E-state index is 12.8. The van der Waals surface area contributed by atoms with Crippen LogP contribution < -0.4 is 4.74 Å². The van der Waals surface area contributed by atoms with Gasteiger partial charge in [0.25, 0.3) is 0 Å². The molecule has 0 radical (unpaired) electrons. The van der Waals surface area contributed by atoms with Gasteiger partial charge in [-0.15, -0.1) is 0 Å². The Kier molecular flexibility index (Phi) is 3.93. The Labute approximate surface area is 119 Å². The molecule has 0 aliphatic heterocycles. The minimum absolute atomic E-state index is 0.0238. The zero-order valence-electron chi connectivity index (χ0n) is 12.7. The van der Waals surface area contributed by atoms with E-state index in [2.05, 4.69) is 5.10 Å². The van der Waals surface area contributed by atoms with Crippen molar-refractivity contribution in [3.63, 3.8) is 0 Å². The molecular weight excluding hydrogens is 252 g/mol. The van der Waals surface area contributed by atoms with Crippen LogP contribution in [-0.2, 0) is 13.5 Å². The minimum atomic E-state index is -0.0238. The van der Waals surface area contributed by atoms with E-state index in [4.69, 9.17) is 4.74 Å². The molecule has 0 atom stereocenters. The van der Waals surface area contributed by atoms with Gasteiger partial charge < -0.3 is 4.74 Å². The highest BCUT2D eigenvalue weighted by Crippen LogP contribution is 2.27. The van der Waals surface area contributed by atoms with Gasteiger partial charge in [-0.05, 0) is 37.5 Å². The first-order valence-corrected chi connectivity index (χ1v) is 6.70. The topological polar surface area (TPSA) is 44.1 Å². The summed E-state index contributed by atoms with van der Waals surface area (Å²) in [5, 5.41) is 4.33. The highest BCUT2D eigenvalue weighted by atomic mass is 16.5. The molecule has 0 bridgehead atoms. The quantitative estimate of drug-likeness (QED) is 0.804. The summed E-state index contributed by atoms with van der Waals surface area (Å²) in [6, 6.07) is 3.89. The van der Waals surface area contributed by atoms with E-state index in [9.17, 15) is 4.79 Å². The number of carbonyl (C=O) groups excluding carboxylic acids is 1. The van der Waals surface area contributed by atoms with Crippen molar-refractivity contribution in [3.05, 3.63) is 46.3 Å². The summed E-state index contributed by atoms with van der Waals surface area (Å²) in [5.41, 5.74) is 4.11. The van der Waals surface area contributed by atoms with Crippen molar-refractivity contribution in [2.24, 2.45) is 7.05 Å². The number of benzene rings is 1. The molecular formula is C16H20N2O2. The molecule has 0 aliphatic carbocycles. The van der Waals surface area contributed by atoms with Crippen molar-refractivity contribution in [2.45, 2.75) is 27.2 Å². The summed E-state index contributed by atoms with van der Waals surface area (Å²) in [6.45, 7) is 5.93. The second kappa shape index (κ2) is 5.49. The third-order valence-corrected chi connectivity index (χ3v) is 3.38. The summed E-state index contributed by atoms with van der Waals surface area (Å²) < 4.78 is 7.06. The number of aryl methyl sites for hydroxylation is 4. The summed E-state index contributed by atoms with van der Waals surface area (Å²) in [4.78, 5) is 12.8. The molecule has 0 fully saturated rings. The van der Waals surface area contributed by atoms with Gasteiger partial charge in [0, 0.05) is 13.2 Å². The number of hydrogen-bond acceptors (Lipinski definition) is 3. The fourth-order valence-corrected chi connectivity index (χ4v) is 2.50. The van der Waals surface area contributed by atoms with Crippen LogP contribution in [0.5, 0.6) is 5.75 Å². The number of ether oxygens (including phenoxy) is 1. The number of carbonyl (C=O) groups is 1. The average molecular weight is 272 g/mol. The third kappa shape index (κ3) is 2.46. The molecule has 4 heteroatoms. The fourth-order valence-electron chi connectivity index (χ4n) is 2.50. The summed E-state index contributed by atoms with van der Waals surface area (Å²) in [6.07, 6.45) is 2.51. The van der Waals surface area contributed by atoms with Crippen LogP contribution in [0.1, 0.15) is 39.7 Å². The summed E-state index contributed by atoms with van der Waals surface area (Å²) in [7, 11) is 3.42. The van der Waals surface area contributed by atoms with Crippen molar-refractivity contribution in [2.75, 3.05) is 7.11 Å². The van der Waals surface area contributed by atoms with E-state index in [0.717, 1.165) is 23.2 Å². The molecule has 0 aliphatic rings. The van der Waals surface area contributed by atoms with Gasteiger partial charge in [-0.1, -0.05) is 13.0 Å². The van der Waals surface area contributed by atoms with E-state index in [1.807, 2.05) is 40.0 Å². The molecule has 1 aromatic heterocycles. The second-order valence-corrected chi connectivity index (χ2v) is 5.00. The normalized spacial score (nSPS) is 10.7. The number of aromatic nitrogens is 2. The fraction of sp³-hybridized carbons (Fsp3) is 0.375. The lowest BCUT2D eigenvalue weighted by Gasteiger charge is -2.12. The predicted molar refractivity (Wildman–Crippen MR) is 78.5 cm³/mol. The number of hydrogen-bond donors (Lipinski definition) is 0. The lowest BCUT2D eigenvalue weighted by molar-refractivity contribution is 0.103. The Bertz CT molecular complexity index is 657. The lowest BCUT2D eigenvalue weighted by Crippen LogP contribution is -2.08. The van der Waals surface area contributed by atoms with Gasteiger partial charge in [0.1, 0.15) is 5.75 Å². The van der Waals surface area contributed by atoms with Gasteiger partial charge >= 0.3 is 0 Å². The van der Waals surface area contributed by atoms with Crippen LogP contribution in [0.15, 0.2) is 18.3 Å². The number of rotatable bonds is 4. The smallest absolute Gasteiger partial charge is 0.200 e. The van der Waals surface area contributed by atoms with Gasteiger partial charge in [0.2, 0.25) is 0 Å². The van der Waals surface area contributed by atoms with Gasteiger partial charge in [0.15, 0.2) is 5.78 Å². The first kappa shape index (κ1) is 14.3. The zero-order valence-corrected chi connectivity index (χ0v) is 12.7. The standard InChI is InChI=1S/C16H20N2O2/c1-6-13-12(9-18(4)17-13)16(19)15-11(3)7-10(2)8-14(15)20-5/h7-9H,6H2,1-5H3. The van der Waals surface area contributed by atoms with E-state index in [-0.39, 0.29) is 5.78 Å². The predicted octanol–water partition coefficient (Wildman–Crippen LogP) is 2.84. The maximum absolute atomic E-state index is 12.8. The molecule has 2 rings (SSSR count). The molecule has 0 spiro atoms. The number of ketones is 1. The molecule has 0 saturated carbocycles. The molecule has 1 aromatic carbocycles. The summed E-state index contributed by atoms with van der Waals surface area (Å²) >= 11 is 0. The van der Waals surface area contributed by atoms with Gasteiger partial charge in [-0.25, -0.2) is 0 Å². The first-order chi connectivity index (χ1) is 9.47. The van der Waals surface area contributed by atoms with Crippen LogP contribution in [-0.4, -0.2) is 22.7 Å². The SMILES string of the molecule is CCc1nn(C)cc1C(=O)c1c(C)cc(C)cc1OC. The third-order valence-electron chi connectivity index (χ3n) is 3.38.